The van der Waals surface area contributed by atoms with Crippen molar-refractivity contribution in [2.24, 2.45) is 0 Å². The van der Waals surface area contributed by atoms with Crippen molar-refractivity contribution in [2.75, 3.05) is 26.3 Å². The van der Waals surface area contributed by atoms with E-state index < -0.39 is 5.92 Å². The quantitative estimate of drug-likeness (QED) is 0.648. The molecule has 2 aliphatic rings. The molecule has 2 rings (SSSR count). The first-order valence-corrected chi connectivity index (χ1v) is 5.37. The molecule has 1 saturated carbocycles. The zero-order valence-corrected chi connectivity index (χ0v) is 8.35. The van der Waals surface area contributed by atoms with E-state index in [0.29, 0.717) is 18.9 Å². The van der Waals surface area contributed by atoms with Crippen LogP contribution in [-0.4, -0.2) is 43.2 Å². The molecule has 0 aromatic rings. The van der Waals surface area contributed by atoms with Gasteiger partial charge in [-0.2, -0.15) is 0 Å². The van der Waals surface area contributed by atoms with Crippen LogP contribution in [-0.2, 0) is 4.74 Å². The van der Waals surface area contributed by atoms with Crippen molar-refractivity contribution in [1.29, 1.82) is 0 Å². The van der Waals surface area contributed by atoms with Crippen molar-refractivity contribution >= 4 is 0 Å². The molecule has 0 amide bonds. The number of nitrogens with zero attached hydrogens (tertiary/aromatic N) is 1. The Bertz CT molecular complexity index is 183. The summed E-state index contributed by atoms with van der Waals surface area (Å²) in [6.45, 7) is 3.34. The molecule has 1 heterocycles. The van der Waals surface area contributed by atoms with Crippen LogP contribution >= 0.6 is 0 Å². The van der Waals surface area contributed by atoms with Crippen LogP contribution in [0.25, 0.3) is 0 Å². The van der Waals surface area contributed by atoms with Crippen LogP contribution in [0.3, 0.4) is 0 Å². The minimum atomic E-state index is -2.40. The number of hydrogen-bond acceptors (Lipinski definition) is 2. The maximum Gasteiger partial charge on any atom is 0.248 e. The molecule has 0 bridgehead atoms. The van der Waals surface area contributed by atoms with Crippen LogP contribution in [0.1, 0.15) is 25.7 Å². The summed E-state index contributed by atoms with van der Waals surface area (Å²) in [5, 5.41) is 0. The fourth-order valence-electron chi connectivity index (χ4n) is 2.33. The van der Waals surface area contributed by atoms with Crippen molar-refractivity contribution in [2.45, 2.75) is 37.6 Å². The molecule has 14 heavy (non-hydrogen) atoms. The number of ether oxygens (including phenoxy) is 1. The molecule has 2 fully saturated rings. The Hall–Kier alpha value is -0.220. The fourth-order valence-corrected chi connectivity index (χ4v) is 2.33. The highest BCUT2D eigenvalue weighted by Crippen LogP contribution is 2.35. The number of halogens is 2. The van der Waals surface area contributed by atoms with Crippen LogP contribution in [0.4, 0.5) is 8.78 Å². The Morgan fingerprint density at radius 2 is 1.64 bits per heavy atom. The van der Waals surface area contributed by atoms with Gasteiger partial charge in [0.15, 0.2) is 0 Å². The smallest absolute Gasteiger partial charge is 0.248 e. The second-order valence-corrected chi connectivity index (χ2v) is 4.24. The van der Waals surface area contributed by atoms with Gasteiger partial charge in [-0.15, -0.1) is 0 Å². The molecule has 0 spiro atoms. The number of rotatable bonds is 1. The van der Waals surface area contributed by atoms with Gasteiger partial charge in [0.25, 0.3) is 0 Å². The van der Waals surface area contributed by atoms with Crippen molar-refractivity contribution in [3.63, 3.8) is 0 Å². The van der Waals surface area contributed by atoms with Gasteiger partial charge >= 0.3 is 0 Å². The molecule has 0 aromatic carbocycles. The Balaban J connectivity index is 1.82. The van der Waals surface area contributed by atoms with Gasteiger partial charge in [0, 0.05) is 32.0 Å². The van der Waals surface area contributed by atoms with Gasteiger partial charge in [0.2, 0.25) is 5.92 Å². The third-order valence-corrected chi connectivity index (χ3v) is 3.25. The molecular weight excluding hydrogens is 188 g/mol. The summed E-state index contributed by atoms with van der Waals surface area (Å²) >= 11 is 0. The molecule has 0 unspecified atom stereocenters. The maximum atomic E-state index is 12.9. The van der Waals surface area contributed by atoms with Crippen molar-refractivity contribution < 1.29 is 13.5 Å². The zero-order valence-electron chi connectivity index (χ0n) is 8.35. The monoisotopic (exact) mass is 205 g/mol. The number of hydrogen-bond donors (Lipinski definition) is 0. The van der Waals surface area contributed by atoms with E-state index in [4.69, 9.17) is 4.74 Å². The van der Waals surface area contributed by atoms with Gasteiger partial charge in [-0.25, -0.2) is 8.78 Å². The zero-order chi connectivity index (χ0) is 10.0. The Kier molecular flexibility index (Phi) is 3.02. The second-order valence-electron chi connectivity index (χ2n) is 4.24. The number of alkyl halides is 2. The molecule has 0 aromatic heterocycles. The third-order valence-electron chi connectivity index (χ3n) is 3.25. The molecule has 4 heteroatoms. The van der Waals surface area contributed by atoms with Crippen molar-refractivity contribution in [1.82, 2.24) is 4.90 Å². The molecule has 0 atom stereocenters. The predicted molar refractivity (Wildman–Crippen MR) is 49.6 cm³/mol. The standard InChI is InChI=1S/C10H17F2NO/c11-10(12)3-1-9(2-4-10)13-5-7-14-8-6-13/h9H,1-8H2. The lowest BCUT2D eigenvalue weighted by Gasteiger charge is -2.38. The lowest BCUT2D eigenvalue weighted by Crippen LogP contribution is -2.46. The predicted octanol–water partition coefficient (Wildman–Crippen LogP) is 1.90. The second kappa shape index (κ2) is 4.11. The Morgan fingerprint density at radius 3 is 2.21 bits per heavy atom. The van der Waals surface area contributed by atoms with Gasteiger partial charge in [0.05, 0.1) is 13.2 Å². The summed E-state index contributed by atoms with van der Waals surface area (Å²) in [5.41, 5.74) is 0. The molecular formula is C10H17F2NO. The Morgan fingerprint density at radius 1 is 1.07 bits per heavy atom. The number of morpholine rings is 1. The summed E-state index contributed by atoms with van der Waals surface area (Å²) in [6.07, 6.45) is 1.42. The first-order chi connectivity index (χ1) is 6.67. The molecule has 2 nitrogen and oxygen atoms in total. The Labute approximate surface area is 83.2 Å². The summed E-state index contributed by atoms with van der Waals surface area (Å²) in [6, 6.07) is 0.374. The van der Waals surface area contributed by atoms with Crippen molar-refractivity contribution in [3.8, 4) is 0 Å². The van der Waals surface area contributed by atoms with E-state index in [1.165, 1.54) is 0 Å². The van der Waals surface area contributed by atoms with E-state index in [9.17, 15) is 8.78 Å². The average molecular weight is 205 g/mol. The molecule has 1 saturated heterocycles. The van der Waals surface area contributed by atoms with Gasteiger partial charge in [-0.1, -0.05) is 0 Å². The SMILES string of the molecule is FC1(F)CCC(N2CCOCC2)CC1. The molecule has 0 N–H and O–H groups in total. The highest BCUT2D eigenvalue weighted by molar-refractivity contribution is 4.84. The van der Waals surface area contributed by atoms with Crippen LogP contribution in [0.15, 0.2) is 0 Å². The molecule has 1 aliphatic carbocycles. The lowest BCUT2D eigenvalue weighted by atomic mass is 9.91. The van der Waals surface area contributed by atoms with E-state index in [1.54, 1.807) is 0 Å². The normalized spacial score (nSPS) is 30.4. The fraction of sp³-hybridized carbons (Fsp3) is 1.00. The maximum absolute atomic E-state index is 12.9. The van der Waals surface area contributed by atoms with Gasteiger partial charge in [0.1, 0.15) is 0 Å². The largest absolute Gasteiger partial charge is 0.379 e. The summed E-state index contributed by atoms with van der Waals surface area (Å²) in [4.78, 5) is 2.30. The van der Waals surface area contributed by atoms with Crippen LogP contribution in [0.5, 0.6) is 0 Å². The van der Waals surface area contributed by atoms with Crippen molar-refractivity contribution in [3.05, 3.63) is 0 Å². The lowest BCUT2D eigenvalue weighted by molar-refractivity contribution is -0.0657. The van der Waals surface area contributed by atoms with Crippen LogP contribution < -0.4 is 0 Å². The molecule has 82 valence electrons. The highest BCUT2D eigenvalue weighted by Gasteiger charge is 2.36. The molecule has 1 aliphatic heterocycles. The van der Waals surface area contributed by atoms with Crippen LogP contribution in [0, 0.1) is 0 Å². The first-order valence-electron chi connectivity index (χ1n) is 5.37. The van der Waals surface area contributed by atoms with Gasteiger partial charge in [-0.3, -0.25) is 4.90 Å². The van der Waals surface area contributed by atoms with E-state index in [2.05, 4.69) is 4.90 Å². The first kappa shape index (κ1) is 10.3. The van der Waals surface area contributed by atoms with Crippen LogP contribution in [0.2, 0.25) is 0 Å². The highest BCUT2D eigenvalue weighted by atomic mass is 19.3. The van der Waals surface area contributed by atoms with E-state index in [-0.39, 0.29) is 12.8 Å². The topological polar surface area (TPSA) is 12.5 Å². The van der Waals surface area contributed by atoms with Gasteiger partial charge < -0.3 is 4.74 Å². The minimum Gasteiger partial charge on any atom is -0.379 e. The molecule has 0 radical (unpaired) electrons. The summed E-state index contributed by atoms with van der Waals surface area (Å²) in [7, 11) is 0. The van der Waals surface area contributed by atoms with E-state index in [1.807, 2.05) is 0 Å². The average Bonchev–Trinajstić information content (AvgIpc) is 2.19. The van der Waals surface area contributed by atoms with E-state index >= 15 is 0 Å². The van der Waals surface area contributed by atoms with E-state index in [0.717, 1.165) is 26.3 Å². The third kappa shape index (κ3) is 2.42. The minimum absolute atomic E-state index is 0.0645. The summed E-state index contributed by atoms with van der Waals surface area (Å²) in [5.74, 6) is -2.40. The van der Waals surface area contributed by atoms with Gasteiger partial charge in [-0.05, 0) is 12.8 Å². The summed E-state index contributed by atoms with van der Waals surface area (Å²) < 4.78 is 31.0.